The molecule has 7 heteroatoms. The molecule has 0 amide bonds. The highest BCUT2D eigenvalue weighted by molar-refractivity contribution is 6.16. The third kappa shape index (κ3) is 5.42. The smallest absolute Gasteiger partial charge is 0.137 e. The number of hydrogen-bond acceptors (Lipinski definition) is 5. The summed E-state index contributed by atoms with van der Waals surface area (Å²) in [5.74, 6) is 2.40. The first kappa shape index (κ1) is 33.9. The minimum Gasteiger partial charge on any atom is -0.457 e. The molecule has 4 aromatic heterocycles. The molecule has 280 valence electrons. The van der Waals surface area contributed by atoms with Crippen LogP contribution in [0.5, 0.6) is 11.5 Å². The van der Waals surface area contributed by atoms with Crippen LogP contribution in [0.1, 0.15) is 26.3 Å². The van der Waals surface area contributed by atoms with Crippen LogP contribution in [0.2, 0.25) is 0 Å². The molecular weight excluding hydrogens is 713 g/mol. The summed E-state index contributed by atoms with van der Waals surface area (Å²) < 4.78 is 11.3. The SMILES string of the molecule is CC(C)(C)c1ccnc(-n2c3ccccc3c3ccc(Oc4cccc(N5CN(c6cccc7c6c6ccccc6n7-c6ccccc6)c6ccncc65)c4)cc32)c1. The molecule has 0 aliphatic carbocycles. The average Bonchev–Trinajstić information content (AvgIpc) is 3.92. The lowest BCUT2D eigenvalue weighted by Gasteiger charge is -2.23. The van der Waals surface area contributed by atoms with Crippen LogP contribution in [-0.4, -0.2) is 25.8 Å². The van der Waals surface area contributed by atoms with Crippen LogP contribution < -0.4 is 14.5 Å². The quantitative estimate of drug-likeness (QED) is 0.169. The second-order valence-electron chi connectivity index (χ2n) is 16.0. The fraction of sp³-hybridized carbons (Fsp3) is 0.0980. The molecule has 0 radical (unpaired) electrons. The number of benzene rings is 6. The lowest BCUT2D eigenvalue weighted by Crippen LogP contribution is -2.24. The van der Waals surface area contributed by atoms with Gasteiger partial charge in [0, 0.05) is 57.4 Å². The van der Waals surface area contributed by atoms with E-state index in [9.17, 15) is 0 Å². The molecule has 7 nitrogen and oxygen atoms in total. The minimum atomic E-state index is -0.00515. The molecule has 0 N–H and O–H groups in total. The topological polar surface area (TPSA) is 51.4 Å². The Kier molecular flexibility index (Phi) is 7.66. The Hall–Kier alpha value is -7.38. The number of ether oxygens (including phenoxy) is 1. The summed E-state index contributed by atoms with van der Waals surface area (Å²) in [7, 11) is 0. The number of nitrogens with zero attached hydrogens (tertiary/aromatic N) is 6. The third-order valence-electron chi connectivity index (χ3n) is 11.5. The van der Waals surface area contributed by atoms with E-state index in [1.165, 1.54) is 32.8 Å². The fourth-order valence-electron chi connectivity index (χ4n) is 8.73. The molecule has 10 aromatic rings. The maximum Gasteiger partial charge on any atom is 0.137 e. The Morgan fingerprint density at radius 3 is 2.05 bits per heavy atom. The normalized spacial score (nSPS) is 12.9. The predicted octanol–water partition coefficient (Wildman–Crippen LogP) is 13.0. The molecule has 58 heavy (non-hydrogen) atoms. The highest BCUT2D eigenvalue weighted by Crippen LogP contribution is 2.48. The number of fused-ring (bicyclic) bond motifs is 7. The molecule has 0 fully saturated rings. The monoisotopic (exact) mass is 752 g/mol. The summed E-state index contributed by atoms with van der Waals surface area (Å²) in [5.41, 5.74) is 11.2. The van der Waals surface area contributed by atoms with Gasteiger partial charge in [-0.15, -0.1) is 0 Å². The largest absolute Gasteiger partial charge is 0.457 e. The lowest BCUT2D eigenvalue weighted by atomic mass is 9.88. The van der Waals surface area contributed by atoms with E-state index in [2.05, 4.69) is 196 Å². The molecule has 11 rings (SSSR count). The second-order valence-corrected chi connectivity index (χ2v) is 16.0. The Morgan fingerprint density at radius 1 is 0.500 bits per heavy atom. The summed E-state index contributed by atoms with van der Waals surface area (Å²) in [6, 6.07) is 55.6. The third-order valence-corrected chi connectivity index (χ3v) is 11.5. The van der Waals surface area contributed by atoms with Crippen molar-refractivity contribution in [2.75, 3.05) is 16.5 Å². The van der Waals surface area contributed by atoms with Crippen LogP contribution in [0.15, 0.2) is 176 Å². The van der Waals surface area contributed by atoms with Crippen LogP contribution in [0.4, 0.5) is 22.7 Å². The van der Waals surface area contributed by atoms with E-state index < -0.39 is 0 Å². The van der Waals surface area contributed by atoms with Gasteiger partial charge in [-0.05, 0) is 89.8 Å². The number of pyridine rings is 2. The van der Waals surface area contributed by atoms with Crippen molar-refractivity contribution in [1.82, 2.24) is 19.1 Å². The Morgan fingerprint density at radius 2 is 1.21 bits per heavy atom. The van der Waals surface area contributed by atoms with Crippen molar-refractivity contribution < 1.29 is 4.74 Å². The molecule has 6 aromatic carbocycles. The molecule has 0 saturated carbocycles. The van der Waals surface area contributed by atoms with Crippen molar-refractivity contribution in [2.45, 2.75) is 26.2 Å². The van der Waals surface area contributed by atoms with Crippen molar-refractivity contribution in [1.29, 1.82) is 0 Å². The summed E-state index contributed by atoms with van der Waals surface area (Å²) in [6.45, 7) is 7.32. The number of anilines is 4. The van der Waals surface area contributed by atoms with E-state index in [0.717, 1.165) is 62.2 Å². The van der Waals surface area contributed by atoms with Crippen molar-refractivity contribution >= 4 is 66.4 Å². The molecule has 5 heterocycles. The predicted molar refractivity (Wildman–Crippen MR) is 238 cm³/mol. The molecule has 0 saturated heterocycles. The van der Waals surface area contributed by atoms with Gasteiger partial charge in [-0.2, -0.15) is 0 Å². The van der Waals surface area contributed by atoms with Gasteiger partial charge in [0.15, 0.2) is 0 Å². The summed E-state index contributed by atoms with van der Waals surface area (Å²) in [5, 5.41) is 4.77. The molecule has 1 aliphatic heterocycles. The van der Waals surface area contributed by atoms with Crippen molar-refractivity contribution in [3.05, 3.63) is 182 Å². The number of rotatable bonds is 6. The molecule has 0 bridgehead atoms. The maximum absolute atomic E-state index is 6.71. The highest BCUT2D eigenvalue weighted by atomic mass is 16.5. The van der Waals surface area contributed by atoms with Gasteiger partial charge in [0.25, 0.3) is 0 Å². The first-order valence-electron chi connectivity index (χ1n) is 19.8. The van der Waals surface area contributed by atoms with Gasteiger partial charge in [-0.3, -0.25) is 9.55 Å². The van der Waals surface area contributed by atoms with Gasteiger partial charge in [-0.25, -0.2) is 4.98 Å². The zero-order valence-corrected chi connectivity index (χ0v) is 32.5. The van der Waals surface area contributed by atoms with Gasteiger partial charge < -0.3 is 19.1 Å². The first-order valence-corrected chi connectivity index (χ1v) is 19.8. The second kappa shape index (κ2) is 13.1. The summed E-state index contributed by atoms with van der Waals surface area (Å²) in [4.78, 5) is 14.2. The molecule has 0 unspecified atom stereocenters. The Balaban J connectivity index is 0.971. The van der Waals surface area contributed by atoms with Gasteiger partial charge in [-0.1, -0.05) is 87.5 Å². The zero-order valence-electron chi connectivity index (χ0n) is 32.5. The molecule has 0 atom stereocenters. The fourth-order valence-corrected chi connectivity index (χ4v) is 8.73. The first-order chi connectivity index (χ1) is 28.4. The van der Waals surface area contributed by atoms with Crippen molar-refractivity contribution in [2.24, 2.45) is 0 Å². The minimum absolute atomic E-state index is 0.00515. The maximum atomic E-state index is 6.71. The highest BCUT2D eigenvalue weighted by Gasteiger charge is 2.31. The van der Waals surface area contributed by atoms with E-state index in [4.69, 9.17) is 9.72 Å². The number of aromatic nitrogens is 4. The zero-order chi connectivity index (χ0) is 39.0. The van der Waals surface area contributed by atoms with E-state index in [1.54, 1.807) is 0 Å². The van der Waals surface area contributed by atoms with Gasteiger partial charge >= 0.3 is 0 Å². The Labute approximate surface area is 336 Å². The van der Waals surface area contributed by atoms with E-state index in [0.29, 0.717) is 6.67 Å². The van der Waals surface area contributed by atoms with Crippen molar-refractivity contribution in [3.63, 3.8) is 0 Å². The van der Waals surface area contributed by atoms with Gasteiger partial charge in [0.2, 0.25) is 0 Å². The van der Waals surface area contributed by atoms with E-state index in [1.807, 2.05) is 24.7 Å². The van der Waals surface area contributed by atoms with Crippen molar-refractivity contribution in [3.8, 4) is 23.0 Å². The van der Waals surface area contributed by atoms with Crippen LogP contribution in [-0.2, 0) is 5.41 Å². The van der Waals surface area contributed by atoms with Crippen LogP contribution >= 0.6 is 0 Å². The number of hydrogen-bond donors (Lipinski definition) is 0. The van der Waals surface area contributed by atoms with Gasteiger partial charge in [0.1, 0.15) is 24.0 Å². The molecule has 0 spiro atoms. The van der Waals surface area contributed by atoms with Crippen LogP contribution in [0.25, 0.3) is 55.1 Å². The van der Waals surface area contributed by atoms with Gasteiger partial charge in [0.05, 0.1) is 45.3 Å². The molecular formula is C51H40N6O. The van der Waals surface area contributed by atoms with E-state index in [-0.39, 0.29) is 5.41 Å². The standard InChI is InChI=1S/C51H40N6O/c1-51(2,3)34-25-28-53-49(29-34)57-42-19-9-7-17-39(42)40-24-23-38(31-47(40)57)58-37-16-11-15-36(30-37)54-33-55(44-26-27-52-32-48(44)54)45-21-12-22-46-50(45)41-18-8-10-20-43(41)56(46)35-13-5-4-6-14-35/h4-32H,33H2,1-3H3. The number of para-hydroxylation sites is 3. The summed E-state index contributed by atoms with van der Waals surface area (Å²) in [6.07, 6.45) is 5.76. The average molecular weight is 753 g/mol. The summed E-state index contributed by atoms with van der Waals surface area (Å²) >= 11 is 0. The van der Waals surface area contributed by atoms with Crippen LogP contribution in [0, 0.1) is 0 Å². The Bertz CT molecular complexity index is 3190. The van der Waals surface area contributed by atoms with Crippen LogP contribution in [0.3, 0.4) is 0 Å². The molecule has 1 aliphatic rings. The van der Waals surface area contributed by atoms with E-state index >= 15 is 0 Å². The lowest BCUT2D eigenvalue weighted by molar-refractivity contribution is 0.483.